The van der Waals surface area contributed by atoms with E-state index in [1.54, 1.807) is 11.3 Å². The zero-order valence-corrected chi connectivity index (χ0v) is 14.8. The van der Waals surface area contributed by atoms with E-state index >= 15 is 0 Å². The molecule has 0 aliphatic heterocycles. The molecule has 3 aromatic heterocycles. The van der Waals surface area contributed by atoms with Gasteiger partial charge in [0.2, 0.25) is 0 Å². The first-order valence-electron chi connectivity index (χ1n) is 7.24. The van der Waals surface area contributed by atoms with Gasteiger partial charge in [0, 0.05) is 23.1 Å². The van der Waals surface area contributed by atoms with Crippen molar-refractivity contribution >= 4 is 45.1 Å². The number of aromatic nitrogens is 2. The van der Waals surface area contributed by atoms with Crippen LogP contribution in [-0.4, -0.2) is 15.3 Å². The first kappa shape index (κ1) is 15.4. The van der Waals surface area contributed by atoms with Gasteiger partial charge in [-0.25, -0.2) is 4.98 Å². The third-order valence-corrected chi connectivity index (χ3v) is 5.71. The topological polar surface area (TPSA) is 46.4 Å². The predicted molar refractivity (Wildman–Crippen MR) is 99.0 cm³/mol. The maximum atomic E-state index is 12.5. The molecule has 4 aromatic rings. The highest BCUT2D eigenvalue weighted by Gasteiger charge is 2.15. The normalized spacial score (nSPS) is 11.0. The molecule has 0 saturated carbocycles. The number of thiazole rings is 1. The van der Waals surface area contributed by atoms with Gasteiger partial charge in [-0.15, -0.1) is 22.7 Å². The number of thiophene rings is 1. The summed E-state index contributed by atoms with van der Waals surface area (Å²) in [4.78, 5) is 19.0. The monoisotopic (exact) mass is 373 g/mol. The van der Waals surface area contributed by atoms with Crippen LogP contribution >= 0.6 is 34.3 Å². The Bertz CT molecular complexity index is 1000. The molecule has 0 aliphatic carbocycles. The van der Waals surface area contributed by atoms with Gasteiger partial charge in [0.05, 0.1) is 4.88 Å². The average molecular weight is 374 g/mol. The van der Waals surface area contributed by atoms with Crippen LogP contribution in [-0.2, 0) is 6.54 Å². The fourth-order valence-corrected chi connectivity index (χ4v) is 4.13. The summed E-state index contributed by atoms with van der Waals surface area (Å²) in [5.74, 6) is -0.142. The molecule has 3 heterocycles. The Kier molecular flexibility index (Phi) is 4.10. The zero-order chi connectivity index (χ0) is 16.5. The van der Waals surface area contributed by atoms with Crippen LogP contribution in [0.4, 0.5) is 0 Å². The summed E-state index contributed by atoms with van der Waals surface area (Å²) in [6.07, 6.45) is 1.90. The number of carbonyl (C=O) groups excluding carboxylic acids is 1. The van der Waals surface area contributed by atoms with Crippen molar-refractivity contribution in [3.63, 3.8) is 0 Å². The summed E-state index contributed by atoms with van der Waals surface area (Å²) in [5.41, 5.74) is 2.36. The molecular formula is C17H12ClN3OS2. The Morgan fingerprint density at radius 2 is 2.08 bits per heavy atom. The Morgan fingerprint density at radius 1 is 1.21 bits per heavy atom. The van der Waals surface area contributed by atoms with Crippen LogP contribution in [0, 0.1) is 0 Å². The van der Waals surface area contributed by atoms with Crippen molar-refractivity contribution in [2.24, 2.45) is 0 Å². The molecule has 0 fully saturated rings. The number of imidazole rings is 1. The molecule has 4 nitrogen and oxygen atoms in total. The third kappa shape index (κ3) is 2.84. The first-order valence-corrected chi connectivity index (χ1v) is 9.38. The minimum absolute atomic E-state index is 0.142. The summed E-state index contributed by atoms with van der Waals surface area (Å²) in [6.45, 7) is 0.391. The van der Waals surface area contributed by atoms with E-state index in [1.807, 2.05) is 57.8 Å². The number of carbonyl (C=O) groups is 1. The van der Waals surface area contributed by atoms with Crippen molar-refractivity contribution in [3.8, 4) is 10.6 Å². The summed E-state index contributed by atoms with van der Waals surface area (Å²) in [7, 11) is 0. The second kappa shape index (κ2) is 6.39. The zero-order valence-electron chi connectivity index (χ0n) is 12.4. The Labute approximate surface area is 151 Å². The summed E-state index contributed by atoms with van der Waals surface area (Å²) >= 11 is 9.21. The number of halogens is 1. The van der Waals surface area contributed by atoms with Crippen molar-refractivity contribution < 1.29 is 4.79 Å². The van der Waals surface area contributed by atoms with Crippen LogP contribution < -0.4 is 5.32 Å². The molecule has 0 unspecified atom stereocenters. The molecule has 7 heteroatoms. The Morgan fingerprint density at radius 3 is 2.88 bits per heavy atom. The maximum absolute atomic E-state index is 12.5. The summed E-state index contributed by atoms with van der Waals surface area (Å²) in [5, 5.41) is 7.40. The van der Waals surface area contributed by atoms with Gasteiger partial charge in [-0.3, -0.25) is 9.20 Å². The molecule has 24 heavy (non-hydrogen) atoms. The minimum Gasteiger partial charge on any atom is -0.347 e. The molecule has 120 valence electrons. The second-order valence-corrected chi connectivity index (χ2v) is 7.34. The van der Waals surface area contributed by atoms with Crippen molar-refractivity contribution in [2.75, 3.05) is 0 Å². The lowest BCUT2D eigenvalue weighted by Crippen LogP contribution is -2.24. The molecule has 1 amide bonds. The largest absolute Gasteiger partial charge is 0.347 e. The number of amides is 1. The van der Waals surface area contributed by atoms with E-state index in [9.17, 15) is 4.79 Å². The number of hydrogen-bond acceptors (Lipinski definition) is 4. The SMILES string of the molecule is O=C(NCc1ccccc1Cl)c1csc2nc(-c3cccs3)cn12. The van der Waals surface area contributed by atoms with E-state index in [1.165, 1.54) is 11.3 Å². The number of nitrogens with one attached hydrogen (secondary N) is 1. The average Bonchev–Trinajstić information content (AvgIpc) is 3.29. The van der Waals surface area contributed by atoms with E-state index in [0.717, 1.165) is 21.1 Å². The second-order valence-electron chi connectivity index (χ2n) is 5.15. The van der Waals surface area contributed by atoms with Gasteiger partial charge in [-0.05, 0) is 23.1 Å². The number of benzene rings is 1. The lowest BCUT2D eigenvalue weighted by Gasteiger charge is -2.06. The fourth-order valence-electron chi connectivity index (χ4n) is 2.40. The molecule has 0 saturated heterocycles. The van der Waals surface area contributed by atoms with Crippen LogP contribution in [0.1, 0.15) is 16.1 Å². The highest BCUT2D eigenvalue weighted by atomic mass is 35.5. The fraction of sp³-hybridized carbons (Fsp3) is 0.0588. The van der Waals surface area contributed by atoms with E-state index in [-0.39, 0.29) is 5.91 Å². The number of fused-ring (bicyclic) bond motifs is 1. The van der Waals surface area contributed by atoms with E-state index in [4.69, 9.17) is 11.6 Å². The van der Waals surface area contributed by atoms with Crippen molar-refractivity contribution in [1.82, 2.24) is 14.7 Å². The van der Waals surface area contributed by atoms with Gasteiger partial charge in [-0.1, -0.05) is 35.9 Å². The standard InChI is InChI=1S/C17H12ClN3OS2/c18-12-5-2-1-4-11(12)8-19-16(22)14-10-24-17-20-13(9-21(14)17)15-6-3-7-23-15/h1-7,9-10H,8H2,(H,19,22). The van der Waals surface area contributed by atoms with Crippen LogP contribution in [0.2, 0.25) is 5.02 Å². The van der Waals surface area contributed by atoms with Gasteiger partial charge in [0.1, 0.15) is 11.4 Å². The molecular weight excluding hydrogens is 362 g/mol. The molecule has 0 atom stereocenters. The minimum atomic E-state index is -0.142. The predicted octanol–water partition coefficient (Wildman–Crippen LogP) is 4.71. The quantitative estimate of drug-likeness (QED) is 0.563. The number of nitrogens with zero attached hydrogens (tertiary/aromatic N) is 2. The van der Waals surface area contributed by atoms with E-state index < -0.39 is 0 Å². The van der Waals surface area contributed by atoms with Crippen molar-refractivity contribution in [1.29, 1.82) is 0 Å². The summed E-state index contributed by atoms with van der Waals surface area (Å²) < 4.78 is 1.83. The van der Waals surface area contributed by atoms with Gasteiger partial charge >= 0.3 is 0 Å². The molecule has 0 bridgehead atoms. The van der Waals surface area contributed by atoms with Gasteiger partial charge < -0.3 is 5.32 Å². The molecule has 1 aromatic carbocycles. The summed E-state index contributed by atoms with van der Waals surface area (Å²) in [6, 6.07) is 11.5. The van der Waals surface area contributed by atoms with Crippen LogP contribution in [0.15, 0.2) is 53.4 Å². The van der Waals surface area contributed by atoms with E-state index in [0.29, 0.717) is 17.3 Å². The van der Waals surface area contributed by atoms with Crippen LogP contribution in [0.5, 0.6) is 0 Å². The van der Waals surface area contributed by atoms with Crippen molar-refractivity contribution in [3.05, 3.63) is 69.6 Å². The maximum Gasteiger partial charge on any atom is 0.269 e. The molecule has 0 radical (unpaired) electrons. The lowest BCUT2D eigenvalue weighted by atomic mass is 10.2. The van der Waals surface area contributed by atoms with Crippen LogP contribution in [0.3, 0.4) is 0 Å². The third-order valence-electron chi connectivity index (χ3n) is 3.61. The molecule has 0 aliphatic rings. The number of hydrogen-bond donors (Lipinski definition) is 1. The van der Waals surface area contributed by atoms with Gasteiger partial charge in [0.15, 0.2) is 4.96 Å². The molecule has 1 N–H and O–H groups in total. The first-order chi connectivity index (χ1) is 11.7. The smallest absolute Gasteiger partial charge is 0.269 e. The molecule has 4 rings (SSSR count). The van der Waals surface area contributed by atoms with Gasteiger partial charge in [0.25, 0.3) is 5.91 Å². The van der Waals surface area contributed by atoms with E-state index in [2.05, 4.69) is 10.3 Å². The van der Waals surface area contributed by atoms with Crippen LogP contribution in [0.25, 0.3) is 15.5 Å². The Hall–Kier alpha value is -2.15. The van der Waals surface area contributed by atoms with Gasteiger partial charge in [-0.2, -0.15) is 0 Å². The highest BCUT2D eigenvalue weighted by Crippen LogP contribution is 2.27. The molecule has 0 spiro atoms. The lowest BCUT2D eigenvalue weighted by molar-refractivity contribution is 0.0945. The van der Waals surface area contributed by atoms with Crippen molar-refractivity contribution in [2.45, 2.75) is 6.54 Å². The highest BCUT2D eigenvalue weighted by molar-refractivity contribution is 7.15. The number of rotatable bonds is 4. The Balaban J connectivity index is 1.57.